The van der Waals surface area contributed by atoms with Gasteiger partial charge in [0, 0.05) is 25.3 Å². The summed E-state index contributed by atoms with van der Waals surface area (Å²) in [6, 6.07) is 5.14. The molecule has 98 valence electrons. The van der Waals surface area contributed by atoms with Crippen LogP contribution in [0.1, 0.15) is 0 Å². The minimum Gasteiger partial charge on any atom is -0.448 e. The second-order valence-corrected chi connectivity index (χ2v) is 5.11. The molecule has 0 aromatic heterocycles. The Labute approximate surface area is 118 Å². The largest absolute Gasteiger partial charge is 0.448 e. The molecule has 0 fully saturated rings. The quantitative estimate of drug-likeness (QED) is 0.480. The van der Waals surface area contributed by atoms with E-state index in [0.29, 0.717) is 21.6 Å². The van der Waals surface area contributed by atoms with Gasteiger partial charge in [0.25, 0.3) is 0 Å². The van der Waals surface area contributed by atoms with Crippen molar-refractivity contribution in [3.63, 3.8) is 0 Å². The van der Waals surface area contributed by atoms with Crippen molar-refractivity contribution in [2.45, 2.75) is 0 Å². The van der Waals surface area contributed by atoms with Gasteiger partial charge in [-0.25, -0.2) is 4.58 Å². The van der Waals surface area contributed by atoms with Crippen LogP contribution in [0.3, 0.4) is 0 Å². The summed E-state index contributed by atoms with van der Waals surface area (Å²) in [4.78, 5) is 1.90. The Morgan fingerprint density at radius 1 is 1.28 bits per heavy atom. The second kappa shape index (κ2) is 6.66. The summed E-state index contributed by atoms with van der Waals surface area (Å²) in [5.74, 6) is 1.27. The van der Waals surface area contributed by atoms with Gasteiger partial charge < -0.3 is 9.64 Å². The highest BCUT2D eigenvalue weighted by atomic mass is 35.5. The summed E-state index contributed by atoms with van der Waals surface area (Å²) < 4.78 is 7.66. The van der Waals surface area contributed by atoms with Crippen LogP contribution in [0.25, 0.3) is 0 Å². The summed E-state index contributed by atoms with van der Waals surface area (Å²) in [5, 5.41) is 1.07. The molecule has 3 nitrogen and oxygen atoms in total. The Balaban J connectivity index is 3.00. The molecular formula is C13H17Cl2N2O+. The standard InChI is InChI=1S/C13H17Cl2N2O/c1-16(2)8-11(9-17(3)4)18-13-6-5-10(14)7-12(13)15/h5-9H,1-4H3/q+1. The summed E-state index contributed by atoms with van der Waals surface area (Å²) in [6.45, 7) is 0. The molecule has 5 heteroatoms. The fourth-order valence-electron chi connectivity index (χ4n) is 1.28. The van der Waals surface area contributed by atoms with Crippen LogP contribution in [0.4, 0.5) is 0 Å². The summed E-state index contributed by atoms with van der Waals surface area (Å²) in [7, 11) is 7.71. The predicted molar refractivity (Wildman–Crippen MR) is 77.0 cm³/mol. The molecule has 0 aliphatic heterocycles. The number of allylic oxidation sites excluding steroid dienone is 1. The molecule has 0 aliphatic rings. The average molecular weight is 288 g/mol. The van der Waals surface area contributed by atoms with E-state index in [1.54, 1.807) is 18.2 Å². The fraction of sp³-hybridized carbons (Fsp3) is 0.308. The molecule has 0 spiro atoms. The number of rotatable bonds is 4. The van der Waals surface area contributed by atoms with Gasteiger partial charge in [0.05, 0.1) is 5.02 Å². The van der Waals surface area contributed by atoms with Crippen LogP contribution in [-0.2, 0) is 0 Å². The molecule has 0 saturated heterocycles. The van der Waals surface area contributed by atoms with E-state index in [1.165, 1.54) is 0 Å². The molecular weight excluding hydrogens is 271 g/mol. The van der Waals surface area contributed by atoms with Gasteiger partial charge >= 0.3 is 0 Å². The lowest BCUT2D eigenvalue weighted by Gasteiger charge is -2.10. The third-order valence-corrected chi connectivity index (χ3v) is 2.42. The van der Waals surface area contributed by atoms with Crippen LogP contribution in [-0.4, -0.2) is 43.9 Å². The lowest BCUT2D eigenvalue weighted by molar-refractivity contribution is -0.459. The van der Waals surface area contributed by atoms with Crippen LogP contribution in [0.2, 0.25) is 10.0 Å². The van der Waals surface area contributed by atoms with Crippen LogP contribution in [0.15, 0.2) is 30.2 Å². The topological polar surface area (TPSA) is 15.5 Å². The van der Waals surface area contributed by atoms with Gasteiger partial charge in [-0.3, -0.25) is 0 Å². The summed E-state index contributed by atoms with van der Waals surface area (Å²) in [5.41, 5.74) is 0. The number of benzene rings is 1. The highest BCUT2D eigenvalue weighted by Gasteiger charge is 2.07. The monoisotopic (exact) mass is 287 g/mol. The van der Waals surface area contributed by atoms with Gasteiger partial charge in [-0.1, -0.05) is 23.2 Å². The highest BCUT2D eigenvalue weighted by Crippen LogP contribution is 2.28. The Morgan fingerprint density at radius 3 is 2.44 bits per heavy atom. The van der Waals surface area contributed by atoms with Crippen molar-refractivity contribution in [1.82, 2.24) is 4.90 Å². The Morgan fingerprint density at radius 2 is 1.94 bits per heavy atom. The first-order valence-electron chi connectivity index (χ1n) is 5.41. The maximum absolute atomic E-state index is 6.07. The molecule has 0 radical (unpaired) electrons. The smallest absolute Gasteiger partial charge is 0.207 e. The Hall–Kier alpha value is -1.19. The first-order valence-corrected chi connectivity index (χ1v) is 6.16. The third kappa shape index (κ3) is 4.98. The summed E-state index contributed by atoms with van der Waals surface area (Å²) in [6.07, 6.45) is 3.73. The Bertz CT molecular complexity index is 478. The number of halogens is 2. The van der Waals surface area contributed by atoms with E-state index >= 15 is 0 Å². The van der Waals surface area contributed by atoms with Crippen LogP contribution in [0, 0.1) is 0 Å². The van der Waals surface area contributed by atoms with Crippen LogP contribution < -0.4 is 4.74 Å². The van der Waals surface area contributed by atoms with Crippen molar-refractivity contribution in [2.75, 3.05) is 28.2 Å². The van der Waals surface area contributed by atoms with Crippen molar-refractivity contribution < 1.29 is 9.31 Å². The second-order valence-electron chi connectivity index (χ2n) is 4.26. The molecule has 0 unspecified atom stereocenters. The van der Waals surface area contributed by atoms with E-state index in [-0.39, 0.29) is 0 Å². The van der Waals surface area contributed by atoms with E-state index in [0.717, 1.165) is 0 Å². The van der Waals surface area contributed by atoms with Gasteiger partial charge in [-0.2, -0.15) is 0 Å². The maximum Gasteiger partial charge on any atom is 0.207 e. The molecule has 1 aromatic carbocycles. The normalized spacial score (nSPS) is 11.1. The van der Waals surface area contributed by atoms with Gasteiger partial charge in [0.1, 0.15) is 19.8 Å². The van der Waals surface area contributed by atoms with Crippen LogP contribution >= 0.6 is 23.2 Å². The number of nitrogens with zero attached hydrogens (tertiary/aromatic N) is 2. The first-order chi connectivity index (χ1) is 8.38. The molecule has 0 saturated carbocycles. The number of hydrogen-bond acceptors (Lipinski definition) is 2. The van der Waals surface area contributed by atoms with Gasteiger partial charge in [-0.05, 0) is 18.2 Å². The van der Waals surface area contributed by atoms with Gasteiger partial charge in [0.15, 0.2) is 0 Å². The van der Waals surface area contributed by atoms with Crippen molar-refractivity contribution in [3.05, 3.63) is 40.2 Å². The van der Waals surface area contributed by atoms with E-state index in [4.69, 9.17) is 27.9 Å². The van der Waals surface area contributed by atoms with Gasteiger partial charge in [-0.15, -0.1) is 0 Å². The van der Waals surface area contributed by atoms with Crippen molar-refractivity contribution >= 4 is 29.4 Å². The van der Waals surface area contributed by atoms with E-state index in [2.05, 4.69) is 0 Å². The number of hydrogen-bond donors (Lipinski definition) is 0. The Kier molecular flexibility index (Phi) is 5.51. The molecule has 0 bridgehead atoms. The maximum atomic E-state index is 6.07. The molecule has 0 atom stereocenters. The molecule has 0 amide bonds. The molecule has 1 rings (SSSR count). The third-order valence-electron chi connectivity index (χ3n) is 1.89. The average Bonchev–Trinajstić information content (AvgIpc) is 2.20. The molecule has 0 heterocycles. The fourth-order valence-corrected chi connectivity index (χ4v) is 1.73. The van der Waals surface area contributed by atoms with Crippen molar-refractivity contribution in [2.24, 2.45) is 0 Å². The molecule has 0 N–H and O–H groups in total. The molecule has 1 aromatic rings. The van der Waals surface area contributed by atoms with E-state index < -0.39 is 0 Å². The minimum absolute atomic E-state index is 0.485. The lowest BCUT2D eigenvalue weighted by atomic mass is 10.3. The van der Waals surface area contributed by atoms with Crippen molar-refractivity contribution in [3.8, 4) is 5.75 Å². The molecule has 0 aliphatic carbocycles. The highest BCUT2D eigenvalue weighted by molar-refractivity contribution is 6.35. The van der Waals surface area contributed by atoms with Crippen LogP contribution in [0.5, 0.6) is 5.75 Å². The predicted octanol–water partition coefficient (Wildman–Crippen LogP) is 3.12. The van der Waals surface area contributed by atoms with Crippen molar-refractivity contribution in [1.29, 1.82) is 0 Å². The summed E-state index contributed by atoms with van der Waals surface area (Å²) >= 11 is 11.9. The van der Waals surface area contributed by atoms with E-state index in [1.807, 2.05) is 50.1 Å². The molecule has 18 heavy (non-hydrogen) atoms. The van der Waals surface area contributed by atoms with Gasteiger partial charge in [0.2, 0.25) is 12.0 Å². The van der Waals surface area contributed by atoms with E-state index in [9.17, 15) is 0 Å². The number of ether oxygens (including phenoxy) is 1. The zero-order chi connectivity index (χ0) is 13.7. The SMILES string of the molecule is CN(C)/C=C(/C=[N+](C)C)Oc1ccc(Cl)cc1Cl. The first kappa shape index (κ1) is 14.9. The zero-order valence-corrected chi connectivity index (χ0v) is 12.5. The zero-order valence-electron chi connectivity index (χ0n) is 10.9. The lowest BCUT2D eigenvalue weighted by Crippen LogP contribution is -2.11. The minimum atomic E-state index is 0.485.